The molecule has 0 amide bonds. The molecule has 0 radical (unpaired) electrons. The van der Waals surface area contributed by atoms with Crippen LogP contribution in [0, 0.1) is 0 Å². The second-order valence-corrected chi connectivity index (χ2v) is 16.3. The number of para-hydroxylation sites is 2. The smallest absolute Gasteiger partial charge is 0.0546 e. The van der Waals surface area contributed by atoms with Crippen LogP contribution in [0.1, 0.15) is 0 Å². The molecule has 12 aromatic rings. The standard InChI is InChI=1S/C56H36N2S/c1-2-13-45-39(11-1)23-24-41-12-9-21-53(55(41)45)57(43-35-29-40(30-36-43)46-17-10-18-50-49-16-5-8-22-54(49)59-56(46)50)42-31-25-37(26-32-42)38-27-33-44(34-28-38)58-51-19-6-3-14-47(51)48-15-4-7-20-52(48)58/h1-36H. The van der Waals surface area contributed by atoms with Gasteiger partial charge >= 0.3 is 0 Å². The van der Waals surface area contributed by atoms with Crippen LogP contribution in [-0.4, -0.2) is 4.57 Å². The molecule has 10 aromatic carbocycles. The van der Waals surface area contributed by atoms with Crippen molar-refractivity contribution < 1.29 is 0 Å². The van der Waals surface area contributed by atoms with E-state index >= 15 is 0 Å². The van der Waals surface area contributed by atoms with E-state index in [9.17, 15) is 0 Å². The molecule has 0 atom stereocenters. The molecule has 0 bridgehead atoms. The molecule has 59 heavy (non-hydrogen) atoms. The Morgan fingerprint density at radius 3 is 1.59 bits per heavy atom. The van der Waals surface area contributed by atoms with E-state index < -0.39 is 0 Å². The predicted octanol–water partition coefficient (Wildman–Crippen LogP) is 16.3. The molecule has 3 heteroatoms. The van der Waals surface area contributed by atoms with Gasteiger partial charge in [0, 0.05) is 53.4 Å². The summed E-state index contributed by atoms with van der Waals surface area (Å²) in [4.78, 5) is 2.42. The van der Waals surface area contributed by atoms with Crippen molar-refractivity contribution in [3.05, 3.63) is 218 Å². The van der Waals surface area contributed by atoms with E-state index in [0.29, 0.717) is 0 Å². The highest BCUT2D eigenvalue weighted by Crippen LogP contribution is 2.44. The molecule has 12 rings (SSSR count). The molecule has 2 aromatic heterocycles. The molecule has 0 aliphatic heterocycles. The maximum absolute atomic E-state index is 2.42. The third kappa shape index (κ3) is 5.47. The second kappa shape index (κ2) is 13.6. The molecule has 0 aliphatic carbocycles. The van der Waals surface area contributed by atoms with Gasteiger partial charge in [0.05, 0.1) is 16.7 Å². The lowest BCUT2D eigenvalue weighted by atomic mass is 9.98. The maximum Gasteiger partial charge on any atom is 0.0546 e. The van der Waals surface area contributed by atoms with Crippen LogP contribution in [0.4, 0.5) is 17.1 Å². The van der Waals surface area contributed by atoms with Gasteiger partial charge in [0.2, 0.25) is 0 Å². The number of aromatic nitrogens is 1. The average molecular weight is 769 g/mol. The normalized spacial score (nSPS) is 11.7. The zero-order valence-electron chi connectivity index (χ0n) is 32.1. The molecule has 0 N–H and O–H groups in total. The van der Waals surface area contributed by atoms with E-state index in [4.69, 9.17) is 0 Å². The van der Waals surface area contributed by atoms with Gasteiger partial charge in [0.1, 0.15) is 0 Å². The van der Waals surface area contributed by atoms with Gasteiger partial charge < -0.3 is 9.47 Å². The fourth-order valence-electron chi connectivity index (χ4n) is 9.22. The lowest BCUT2D eigenvalue weighted by Gasteiger charge is -2.28. The highest BCUT2D eigenvalue weighted by Gasteiger charge is 2.19. The van der Waals surface area contributed by atoms with E-state index in [2.05, 4.69) is 228 Å². The van der Waals surface area contributed by atoms with Gasteiger partial charge in [-0.25, -0.2) is 0 Å². The fourth-order valence-corrected chi connectivity index (χ4v) is 10.5. The van der Waals surface area contributed by atoms with Gasteiger partial charge in [-0.15, -0.1) is 11.3 Å². The summed E-state index contributed by atoms with van der Waals surface area (Å²) in [6.45, 7) is 0. The van der Waals surface area contributed by atoms with Crippen LogP contribution < -0.4 is 4.90 Å². The highest BCUT2D eigenvalue weighted by molar-refractivity contribution is 7.26. The van der Waals surface area contributed by atoms with Gasteiger partial charge in [0.25, 0.3) is 0 Å². The Morgan fingerprint density at radius 1 is 0.356 bits per heavy atom. The molecular formula is C56H36N2S. The largest absolute Gasteiger partial charge is 0.310 e. The minimum atomic E-state index is 1.11. The van der Waals surface area contributed by atoms with E-state index in [0.717, 1.165) is 22.7 Å². The molecule has 0 spiro atoms. The van der Waals surface area contributed by atoms with Gasteiger partial charge in [0.15, 0.2) is 0 Å². The molecular weight excluding hydrogens is 733 g/mol. The van der Waals surface area contributed by atoms with E-state index in [1.807, 2.05) is 11.3 Å². The van der Waals surface area contributed by atoms with Gasteiger partial charge in [-0.2, -0.15) is 0 Å². The Balaban J connectivity index is 0.958. The minimum absolute atomic E-state index is 1.11. The molecule has 276 valence electrons. The Hall–Kier alpha value is -7.46. The number of thiophene rings is 1. The summed E-state index contributed by atoms with van der Waals surface area (Å²) in [5.41, 5.74) is 11.8. The maximum atomic E-state index is 2.42. The van der Waals surface area contributed by atoms with Crippen molar-refractivity contribution in [2.75, 3.05) is 4.90 Å². The van der Waals surface area contributed by atoms with Gasteiger partial charge in [-0.3, -0.25) is 0 Å². The van der Waals surface area contributed by atoms with Gasteiger partial charge in [-0.1, -0.05) is 158 Å². The summed E-state index contributed by atoms with van der Waals surface area (Å²) < 4.78 is 5.03. The summed E-state index contributed by atoms with van der Waals surface area (Å²) in [6.07, 6.45) is 0. The van der Waals surface area contributed by atoms with E-state index in [1.54, 1.807) is 0 Å². The van der Waals surface area contributed by atoms with Crippen LogP contribution in [0.2, 0.25) is 0 Å². The number of hydrogen-bond donors (Lipinski definition) is 0. The summed E-state index contributed by atoms with van der Waals surface area (Å²) >= 11 is 1.88. The van der Waals surface area contributed by atoms with Crippen molar-refractivity contribution >= 4 is 91.9 Å². The van der Waals surface area contributed by atoms with Crippen LogP contribution in [0.5, 0.6) is 0 Å². The molecule has 0 fully saturated rings. The number of nitrogens with zero attached hydrogens (tertiary/aromatic N) is 2. The van der Waals surface area contributed by atoms with E-state index in [-0.39, 0.29) is 0 Å². The average Bonchev–Trinajstić information content (AvgIpc) is 3.86. The number of anilines is 3. The zero-order valence-corrected chi connectivity index (χ0v) is 32.9. The van der Waals surface area contributed by atoms with Crippen LogP contribution in [0.15, 0.2) is 218 Å². The second-order valence-electron chi connectivity index (χ2n) is 15.3. The van der Waals surface area contributed by atoms with Crippen molar-refractivity contribution in [1.82, 2.24) is 4.57 Å². The zero-order chi connectivity index (χ0) is 38.9. The molecule has 0 saturated heterocycles. The molecule has 0 aliphatic rings. The lowest BCUT2D eigenvalue weighted by Crippen LogP contribution is -2.10. The summed E-state index contributed by atoms with van der Waals surface area (Å²) in [5, 5.41) is 10.1. The van der Waals surface area contributed by atoms with Crippen LogP contribution in [-0.2, 0) is 0 Å². The highest BCUT2D eigenvalue weighted by atomic mass is 32.1. The SMILES string of the molecule is c1ccc2c(c1)ccc1cccc(N(c3ccc(-c4ccc(-n5c6ccccc6c6ccccc65)cc4)cc3)c3ccc(-c4cccc5c4sc4ccccc45)cc3)c12. The Bertz CT molecular complexity index is 3480. The van der Waals surface area contributed by atoms with E-state index in [1.165, 1.54) is 85.8 Å². The number of rotatable bonds is 6. The third-order valence-electron chi connectivity index (χ3n) is 12.0. The first-order valence-electron chi connectivity index (χ1n) is 20.2. The fraction of sp³-hybridized carbons (Fsp3) is 0. The molecule has 2 nitrogen and oxygen atoms in total. The van der Waals surface area contributed by atoms with Crippen molar-refractivity contribution in [1.29, 1.82) is 0 Å². The summed E-state index contributed by atoms with van der Waals surface area (Å²) in [6, 6.07) is 79.9. The first kappa shape index (κ1) is 33.7. The molecule has 0 saturated carbocycles. The predicted molar refractivity (Wildman–Crippen MR) is 254 cm³/mol. The van der Waals surface area contributed by atoms with Crippen molar-refractivity contribution in [3.8, 4) is 27.9 Å². The number of fused-ring (bicyclic) bond motifs is 9. The van der Waals surface area contributed by atoms with Crippen molar-refractivity contribution in [2.24, 2.45) is 0 Å². The Kier molecular flexibility index (Phi) is 7.75. The Labute approximate surface area is 346 Å². The van der Waals surface area contributed by atoms with Crippen LogP contribution >= 0.6 is 11.3 Å². The quantitative estimate of drug-likeness (QED) is 0.153. The minimum Gasteiger partial charge on any atom is -0.310 e. The third-order valence-corrected chi connectivity index (χ3v) is 13.2. The molecule has 2 heterocycles. The summed E-state index contributed by atoms with van der Waals surface area (Å²) in [7, 11) is 0. The summed E-state index contributed by atoms with van der Waals surface area (Å²) in [5.74, 6) is 0. The number of benzene rings is 10. The first-order chi connectivity index (χ1) is 29.3. The topological polar surface area (TPSA) is 8.17 Å². The lowest BCUT2D eigenvalue weighted by molar-refractivity contribution is 1.18. The van der Waals surface area contributed by atoms with Crippen molar-refractivity contribution in [2.45, 2.75) is 0 Å². The molecule has 0 unspecified atom stereocenters. The Morgan fingerprint density at radius 2 is 0.881 bits per heavy atom. The van der Waals surface area contributed by atoms with Crippen molar-refractivity contribution in [3.63, 3.8) is 0 Å². The monoisotopic (exact) mass is 768 g/mol. The van der Waals surface area contributed by atoms with Crippen LogP contribution in [0.25, 0.3) is 91.5 Å². The van der Waals surface area contributed by atoms with Gasteiger partial charge in [-0.05, 0) is 99.1 Å². The van der Waals surface area contributed by atoms with Crippen LogP contribution in [0.3, 0.4) is 0 Å². The number of hydrogen-bond acceptors (Lipinski definition) is 2. The first-order valence-corrected chi connectivity index (χ1v) is 21.0.